The van der Waals surface area contributed by atoms with E-state index in [0.29, 0.717) is 15.8 Å². The molecule has 84 valence electrons. The topological polar surface area (TPSA) is 9.23 Å². The molecular weight excluding hydrogens is 251 g/mol. The van der Waals surface area contributed by atoms with Crippen molar-refractivity contribution in [3.63, 3.8) is 0 Å². The van der Waals surface area contributed by atoms with Gasteiger partial charge in [-0.15, -0.1) is 0 Å². The summed E-state index contributed by atoms with van der Waals surface area (Å²) in [5, 5.41) is 1.30. The van der Waals surface area contributed by atoms with Gasteiger partial charge in [0.2, 0.25) is 0 Å². The average Bonchev–Trinajstić information content (AvgIpc) is 2.16. The summed E-state index contributed by atoms with van der Waals surface area (Å²) in [5.74, 6) is 0.686. The van der Waals surface area contributed by atoms with E-state index in [-0.39, 0.29) is 4.75 Å². The van der Waals surface area contributed by atoms with Crippen LogP contribution in [-0.4, -0.2) is 13.4 Å². The van der Waals surface area contributed by atoms with Crippen molar-refractivity contribution in [2.45, 2.75) is 18.6 Å². The zero-order valence-corrected chi connectivity index (χ0v) is 11.6. The van der Waals surface area contributed by atoms with Gasteiger partial charge in [-0.05, 0) is 32.2 Å². The Hall–Kier alpha value is -0.0500. The highest BCUT2D eigenvalue weighted by Crippen LogP contribution is 2.43. The lowest BCUT2D eigenvalue weighted by molar-refractivity contribution is 0.414. The third-order valence-electron chi connectivity index (χ3n) is 2.36. The first-order chi connectivity index (χ1) is 6.92. The minimum atomic E-state index is -0.0968. The maximum absolute atomic E-state index is 6.20. The number of hydrogen-bond acceptors (Lipinski definition) is 2. The molecule has 4 heteroatoms. The van der Waals surface area contributed by atoms with Crippen LogP contribution in [0.2, 0.25) is 10.0 Å². The predicted octanol–water partition coefficient (Wildman–Crippen LogP) is 4.60. The lowest BCUT2D eigenvalue weighted by Crippen LogP contribution is -2.12. The van der Waals surface area contributed by atoms with E-state index in [1.165, 1.54) is 0 Å². The number of methoxy groups -OCH3 is 1. The lowest BCUT2D eigenvalue weighted by Gasteiger charge is -2.25. The smallest absolute Gasteiger partial charge is 0.121 e. The van der Waals surface area contributed by atoms with Crippen LogP contribution in [0.15, 0.2) is 12.1 Å². The molecule has 0 spiro atoms. The molecule has 0 heterocycles. The van der Waals surface area contributed by atoms with Crippen LogP contribution >= 0.6 is 35.0 Å². The van der Waals surface area contributed by atoms with Gasteiger partial charge in [-0.3, -0.25) is 0 Å². The van der Waals surface area contributed by atoms with Crippen molar-refractivity contribution in [2.24, 2.45) is 0 Å². The Kier molecular flexibility index (Phi) is 4.21. The van der Waals surface area contributed by atoms with Gasteiger partial charge in [-0.25, -0.2) is 0 Å². The van der Waals surface area contributed by atoms with Crippen molar-refractivity contribution >= 4 is 35.0 Å². The van der Waals surface area contributed by atoms with E-state index in [9.17, 15) is 0 Å². The van der Waals surface area contributed by atoms with E-state index < -0.39 is 0 Å². The molecular formula is C11H14Cl2OS. The quantitative estimate of drug-likeness (QED) is 0.789. The normalized spacial score (nSPS) is 11.6. The Bertz CT molecular complexity index is 341. The second-order valence-electron chi connectivity index (χ2n) is 3.68. The summed E-state index contributed by atoms with van der Waals surface area (Å²) >= 11 is 14.1. The Balaban J connectivity index is 3.31. The minimum Gasteiger partial charge on any atom is -0.497 e. The van der Waals surface area contributed by atoms with E-state index in [1.54, 1.807) is 31.0 Å². The molecule has 0 saturated heterocycles. The molecule has 0 atom stereocenters. The summed E-state index contributed by atoms with van der Waals surface area (Å²) in [4.78, 5) is 0. The molecule has 0 saturated carbocycles. The van der Waals surface area contributed by atoms with Gasteiger partial charge >= 0.3 is 0 Å². The molecule has 0 radical (unpaired) electrons. The summed E-state index contributed by atoms with van der Waals surface area (Å²) in [6.07, 6.45) is 2.04. The Morgan fingerprint density at radius 2 is 1.67 bits per heavy atom. The van der Waals surface area contributed by atoms with Crippen molar-refractivity contribution in [3.8, 4) is 5.75 Å². The van der Waals surface area contributed by atoms with Crippen LogP contribution in [-0.2, 0) is 4.75 Å². The molecule has 1 aromatic carbocycles. The van der Waals surface area contributed by atoms with Gasteiger partial charge in [-0.1, -0.05) is 23.2 Å². The molecule has 1 nitrogen and oxygen atoms in total. The van der Waals surface area contributed by atoms with Crippen molar-refractivity contribution in [2.75, 3.05) is 13.4 Å². The SMILES string of the molecule is COc1cc(Cl)c(C(C)(C)SC)c(Cl)c1. The molecule has 0 aliphatic rings. The van der Waals surface area contributed by atoms with Crippen LogP contribution in [0.1, 0.15) is 19.4 Å². The van der Waals surface area contributed by atoms with Crippen molar-refractivity contribution in [3.05, 3.63) is 27.7 Å². The van der Waals surface area contributed by atoms with Crippen LogP contribution < -0.4 is 4.74 Å². The van der Waals surface area contributed by atoms with Crippen molar-refractivity contribution in [1.82, 2.24) is 0 Å². The standard InChI is InChI=1S/C11H14Cl2OS/c1-11(2,15-4)10-8(12)5-7(14-3)6-9(10)13/h5-6H,1-4H3. The summed E-state index contributed by atoms with van der Waals surface area (Å²) in [6, 6.07) is 3.58. The molecule has 0 aliphatic heterocycles. The second kappa shape index (κ2) is 4.86. The van der Waals surface area contributed by atoms with E-state index >= 15 is 0 Å². The third-order valence-corrected chi connectivity index (χ3v) is 4.18. The monoisotopic (exact) mass is 264 g/mol. The first-order valence-corrected chi connectivity index (χ1v) is 6.49. The molecule has 15 heavy (non-hydrogen) atoms. The number of hydrogen-bond donors (Lipinski definition) is 0. The van der Waals surface area contributed by atoms with Gasteiger partial charge in [0, 0.05) is 10.3 Å². The fourth-order valence-electron chi connectivity index (χ4n) is 1.34. The van der Waals surface area contributed by atoms with Crippen LogP contribution in [0, 0.1) is 0 Å². The molecule has 0 N–H and O–H groups in total. The molecule has 1 rings (SSSR count). The predicted molar refractivity (Wildman–Crippen MR) is 69.6 cm³/mol. The zero-order chi connectivity index (χ0) is 11.6. The number of thioether (sulfide) groups is 1. The number of benzene rings is 1. The highest BCUT2D eigenvalue weighted by molar-refractivity contribution is 7.99. The summed E-state index contributed by atoms with van der Waals surface area (Å²) in [6.45, 7) is 4.19. The van der Waals surface area contributed by atoms with E-state index in [4.69, 9.17) is 27.9 Å². The van der Waals surface area contributed by atoms with Crippen LogP contribution in [0.3, 0.4) is 0 Å². The molecule has 0 aromatic heterocycles. The van der Waals surface area contributed by atoms with Crippen molar-refractivity contribution < 1.29 is 4.74 Å². The first kappa shape index (κ1) is 13.0. The van der Waals surface area contributed by atoms with Crippen LogP contribution in [0.25, 0.3) is 0 Å². The maximum atomic E-state index is 6.20. The zero-order valence-electron chi connectivity index (χ0n) is 9.23. The Morgan fingerprint density at radius 3 is 2.00 bits per heavy atom. The first-order valence-electron chi connectivity index (χ1n) is 4.51. The average molecular weight is 265 g/mol. The maximum Gasteiger partial charge on any atom is 0.121 e. The molecule has 1 aromatic rings. The van der Waals surface area contributed by atoms with Gasteiger partial charge in [0.25, 0.3) is 0 Å². The Morgan fingerprint density at radius 1 is 1.20 bits per heavy atom. The summed E-state index contributed by atoms with van der Waals surface area (Å²) in [5.41, 5.74) is 0.958. The van der Waals surface area contributed by atoms with Gasteiger partial charge < -0.3 is 4.74 Å². The molecule has 0 aliphatic carbocycles. The van der Waals surface area contributed by atoms with E-state index in [2.05, 4.69) is 13.8 Å². The molecule has 0 unspecified atom stereocenters. The summed E-state index contributed by atoms with van der Waals surface area (Å²) in [7, 11) is 1.60. The van der Waals surface area contributed by atoms with Gasteiger partial charge in [0.15, 0.2) is 0 Å². The number of rotatable bonds is 3. The second-order valence-corrected chi connectivity index (χ2v) is 5.92. The Labute approximate surface area is 105 Å². The molecule has 0 bridgehead atoms. The van der Waals surface area contributed by atoms with Gasteiger partial charge in [-0.2, -0.15) is 11.8 Å². The van der Waals surface area contributed by atoms with Crippen LogP contribution in [0.4, 0.5) is 0 Å². The fourth-order valence-corrected chi connectivity index (χ4v) is 2.82. The molecule has 0 fully saturated rings. The van der Waals surface area contributed by atoms with Crippen molar-refractivity contribution in [1.29, 1.82) is 0 Å². The van der Waals surface area contributed by atoms with Gasteiger partial charge in [0.05, 0.1) is 17.2 Å². The minimum absolute atomic E-state index is 0.0968. The highest BCUT2D eigenvalue weighted by Gasteiger charge is 2.25. The number of ether oxygens (including phenoxy) is 1. The largest absolute Gasteiger partial charge is 0.497 e. The number of halogens is 2. The van der Waals surface area contributed by atoms with E-state index in [0.717, 1.165) is 5.56 Å². The third kappa shape index (κ3) is 2.74. The highest BCUT2D eigenvalue weighted by atomic mass is 35.5. The van der Waals surface area contributed by atoms with Crippen LogP contribution in [0.5, 0.6) is 5.75 Å². The molecule has 0 amide bonds. The summed E-state index contributed by atoms with van der Waals surface area (Å²) < 4.78 is 5.00. The fraction of sp³-hybridized carbons (Fsp3) is 0.455. The lowest BCUT2D eigenvalue weighted by atomic mass is 10.0. The van der Waals surface area contributed by atoms with E-state index in [1.807, 2.05) is 6.26 Å². The van der Waals surface area contributed by atoms with Gasteiger partial charge in [0.1, 0.15) is 5.75 Å².